The van der Waals surface area contributed by atoms with Crippen LogP contribution in [-0.4, -0.2) is 18.6 Å². The lowest BCUT2D eigenvalue weighted by Crippen LogP contribution is -2.55. The first kappa shape index (κ1) is 25.3. The summed E-state index contributed by atoms with van der Waals surface area (Å²) >= 11 is 12.5. The molecule has 2 aromatic carbocycles. The Morgan fingerprint density at radius 2 is 1.91 bits per heavy atom. The fourth-order valence-electron chi connectivity index (χ4n) is 5.23. The summed E-state index contributed by atoms with van der Waals surface area (Å²) in [5, 5.41) is 4.84. The first-order chi connectivity index (χ1) is 16.3. The topological polar surface area (TPSA) is 38.3 Å². The van der Waals surface area contributed by atoms with E-state index in [2.05, 4.69) is 37.0 Å². The monoisotopic (exact) mass is 499 g/mol. The van der Waals surface area contributed by atoms with E-state index in [-0.39, 0.29) is 29.9 Å². The molecule has 1 amide bonds. The summed E-state index contributed by atoms with van der Waals surface area (Å²) in [5.74, 6) is 1.13. The van der Waals surface area contributed by atoms with Gasteiger partial charge in [0.05, 0.1) is 18.1 Å². The van der Waals surface area contributed by atoms with Crippen LogP contribution in [0.2, 0.25) is 10.0 Å². The molecule has 0 aromatic heterocycles. The molecule has 1 saturated carbocycles. The second-order valence-electron chi connectivity index (χ2n) is 10.4. The zero-order valence-corrected chi connectivity index (χ0v) is 21.6. The molecule has 2 fully saturated rings. The van der Waals surface area contributed by atoms with Gasteiger partial charge in [-0.1, -0.05) is 67.4 Å². The quantitative estimate of drug-likeness (QED) is 0.339. The van der Waals surface area contributed by atoms with Crippen molar-refractivity contribution < 1.29 is 9.53 Å². The van der Waals surface area contributed by atoms with E-state index in [4.69, 9.17) is 27.9 Å². The van der Waals surface area contributed by atoms with Gasteiger partial charge < -0.3 is 10.1 Å². The van der Waals surface area contributed by atoms with Gasteiger partial charge in [-0.05, 0) is 79.3 Å². The highest BCUT2D eigenvalue weighted by atomic mass is 35.5. The standard InChI is InChI=1S/C29H35Cl2NO2/c1-4-14-29(3)17-25(22-6-5-7-24(31)16-22)27(32-28(29)33)19(2)15-26(34-18-20-8-9-20)21-10-12-23(30)13-11-21/h4-7,10-13,16,19-20,25-27H,1,8-9,14-15,17-18H2,2-3H3,(H,32,33)/t19?,25-,26+,27+,29+/m1/s1. The number of halogens is 2. The minimum Gasteiger partial charge on any atom is -0.373 e. The number of benzene rings is 2. The van der Waals surface area contributed by atoms with Crippen molar-refractivity contribution in [1.29, 1.82) is 0 Å². The third kappa shape index (κ3) is 6.05. The number of nitrogens with one attached hydrogen (secondary N) is 1. The summed E-state index contributed by atoms with van der Waals surface area (Å²) in [7, 11) is 0. The number of allylic oxidation sites excluding steroid dienone is 1. The highest BCUT2D eigenvalue weighted by molar-refractivity contribution is 6.30. The Kier molecular flexibility index (Phi) is 8.07. The largest absolute Gasteiger partial charge is 0.373 e. The molecule has 1 unspecified atom stereocenters. The maximum absolute atomic E-state index is 13.3. The minimum absolute atomic E-state index is 0.0109. The van der Waals surface area contributed by atoms with Crippen molar-refractivity contribution in [3.8, 4) is 0 Å². The van der Waals surface area contributed by atoms with Crippen LogP contribution in [0.15, 0.2) is 61.2 Å². The third-order valence-corrected chi connectivity index (χ3v) is 7.98. The van der Waals surface area contributed by atoms with Gasteiger partial charge in [-0.3, -0.25) is 4.79 Å². The lowest BCUT2D eigenvalue weighted by atomic mass is 9.67. The van der Waals surface area contributed by atoms with Gasteiger partial charge >= 0.3 is 0 Å². The van der Waals surface area contributed by atoms with Crippen molar-refractivity contribution >= 4 is 29.1 Å². The number of rotatable bonds is 10. The van der Waals surface area contributed by atoms with Gasteiger partial charge in [0.1, 0.15) is 0 Å². The maximum atomic E-state index is 13.3. The van der Waals surface area contributed by atoms with Crippen molar-refractivity contribution in [2.45, 2.75) is 64.0 Å². The molecule has 1 aliphatic heterocycles. The van der Waals surface area contributed by atoms with Gasteiger partial charge in [-0.2, -0.15) is 0 Å². The van der Waals surface area contributed by atoms with E-state index in [9.17, 15) is 4.79 Å². The smallest absolute Gasteiger partial charge is 0.226 e. The molecule has 2 aliphatic rings. The summed E-state index contributed by atoms with van der Waals surface area (Å²) in [6, 6.07) is 16.0. The maximum Gasteiger partial charge on any atom is 0.226 e. The number of carbonyl (C=O) groups excluding carboxylic acids is 1. The van der Waals surface area contributed by atoms with Gasteiger partial charge in [-0.25, -0.2) is 0 Å². The zero-order chi connectivity index (χ0) is 24.3. The molecule has 182 valence electrons. The molecule has 34 heavy (non-hydrogen) atoms. The minimum atomic E-state index is -0.483. The van der Waals surface area contributed by atoms with Gasteiger partial charge in [0, 0.05) is 22.0 Å². The summed E-state index contributed by atoms with van der Waals surface area (Å²) < 4.78 is 6.43. The summed E-state index contributed by atoms with van der Waals surface area (Å²) in [5.41, 5.74) is 1.82. The predicted octanol–water partition coefficient (Wildman–Crippen LogP) is 7.74. The number of amides is 1. The van der Waals surface area contributed by atoms with Crippen LogP contribution in [0, 0.1) is 17.3 Å². The van der Waals surface area contributed by atoms with Crippen LogP contribution < -0.4 is 5.32 Å². The fourth-order valence-corrected chi connectivity index (χ4v) is 5.55. The Bertz CT molecular complexity index is 1000. The molecule has 1 saturated heterocycles. The van der Waals surface area contributed by atoms with Gasteiger partial charge in [-0.15, -0.1) is 6.58 Å². The second kappa shape index (κ2) is 10.8. The van der Waals surface area contributed by atoms with Crippen LogP contribution in [0.1, 0.15) is 69.1 Å². The Labute approximate surface area is 213 Å². The molecule has 1 N–H and O–H groups in total. The lowest BCUT2D eigenvalue weighted by Gasteiger charge is -2.45. The number of hydrogen-bond acceptors (Lipinski definition) is 2. The molecular formula is C29H35Cl2NO2. The molecular weight excluding hydrogens is 465 g/mol. The summed E-state index contributed by atoms with van der Waals surface area (Å²) in [4.78, 5) is 13.3. The first-order valence-electron chi connectivity index (χ1n) is 12.3. The molecule has 0 bridgehead atoms. The van der Waals surface area contributed by atoms with Crippen LogP contribution in [0.5, 0.6) is 0 Å². The van der Waals surface area contributed by atoms with Crippen LogP contribution in [0.3, 0.4) is 0 Å². The molecule has 5 atom stereocenters. The molecule has 1 heterocycles. The Balaban J connectivity index is 1.59. The molecule has 2 aromatic rings. The number of ether oxygens (including phenoxy) is 1. The van der Waals surface area contributed by atoms with Crippen LogP contribution in [0.4, 0.5) is 0 Å². The predicted molar refractivity (Wildman–Crippen MR) is 140 cm³/mol. The molecule has 4 rings (SSSR count). The molecule has 5 heteroatoms. The average Bonchev–Trinajstić information content (AvgIpc) is 3.63. The highest BCUT2D eigenvalue weighted by Gasteiger charge is 2.45. The SMILES string of the molecule is C=CC[C@@]1(C)C[C@H](c2cccc(Cl)c2)[C@H](C(C)C[C@H](OCC2CC2)c2ccc(Cl)cc2)NC1=O. The molecule has 3 nitrogen and oxygen atoms in total. The van der Waals surface area contributed by atoms with E-state index in [1.54, 1.807) is 0 Å². The van der Waals surface area contributed by atoms with E-state index in [1.807, 2.05) is 43.3 Å². The van der Waals surface area contributed by atoms with E-state index in [0.717, 1.165) is 35.1 Å². The normalized spacial score (nSPS) is 26.5. The van der Waals surface area contributed by atoms with Gasteiger partial charge in [0.25, 0.3) is 0 Å². The number of piperidine rings is 1. The zero-order valence-electron chi connectivity index (χ0n) is 20.1. The first-order valence-corrected chi connectivity index (χ1v) is 13.1. The molecule has 0 radical (unpaired) electrons. The molecule has 1 aliphatic carbocycles. The molecule has 0 spiro atoms. The third-order valence-electron chi connectivity index (χ3n) is 7.49. The Hall–Kier alpha value is -1.81. The van der Waals surface area contributed by atoms with Crippen molar-refractivity contribution in [2.75, 3.05) is 6.61 Å². The summed E-state index contributed by atoms with van der Waals surface area (Å²) in [6.07, 6.45) is 6.53. The lowest BCUT2D eigenvalue weighted by molar-refractivity contribution is -0.135. The second-order valence-corrected chi connectivity index (χ2v) is 11.3. The van der Waals surface area contributed by atoms with Crippen LogP contribution in [0.25, 0.3) is 0 Å². The van der Waals surface area contributed by atoms with Gasteiger partial charge in [0.2, 0.25) is 5.91 Å². The van der Waals surface area contributed by atoms with Crippen LogP contribution in [-0.2, 0) is 9.53 Å². The Morgan fingerprint density at radius 3 is 2.56 bits per heavy atom. The average molecular weight is 501 g/mol. The highest BCUT2D eigenvalue weighted by Crippen LogP contribution is 2.45. The Morgan fingerprint density at radius 1 is 1.18 bits per heavy atom. The number of hydrogen-bond donors (Lipinski definition) is 1. The van der Waals surface area contributed by atoms with Gasteiger partial charge in [0.15, 0.2) is 0 Å². The van der Waals surface area contributed by atoms with E-state index >= 15 is 0 Å². The number of carbonyl (C=O) groups is 1. The van der Waals surface area contributed by atoms with Crippen molar-refractivity contribution in [3.05, 3.63) is 82.4 Å². The van der Waals surface area contributed by atoms with E-state index < -0.39 is 5.41 Å². The fraction of sp³-hybridized carbons (Fsp3) is 0.483. The van der Waals surface area contributed by atoms with E-state index in [0.29, 0.717) is 12.3 Å². The van der Waals surface area contributed by atoms with Crippen molar-refractivity contribution in [3.63, 3.8) is 0 Å². The van der Waals surface area contributed by atoms with E-state index in [1.165, 1.54) is 18.4 Å². The van der Waals surface area contributed by atoms with Crippen LogP contribution >= 0.6 is 23.2 Å². The van der Waals surface area contributed by atoms with Crippen molar-refractivity contribution in [2.24, 2.45) is 17.3 Å². The summed E-state index contributed by atoms with van der Waals surface area (Å²) in [6.45, 7) is 8.94. The van der Waals surface area contributed by atoms with Crippen molar-refractivity contribution in [1.82, 2.24) is 5.32 Å².